The van der Waals surface area contributed by atoms with Crippen LogP contribution in [-0.4, -0.2) is 20.0 Å². The molecule has 2 aromatic heterocycles. The molecule has 0 fully saturated rings. The van der Waals surface area contributed by atoms with Crippen LogP contribution in [0.25, 0.3) is 38.5 Å². The van der Waals surface area contributed by atoms with E-state index >= 15 is 0 Å². The zero-order valence-corrected chi connectivity index (χ0v) is 13.3. The number of hydrogen-bond acceptors (Lipinski definition) is 3. The van der Waals surface area contributed by atoms with Gasteiger partial charge in [0.15, 0.2) is 0 Å². The zero-order chi connectivity index (χ0) is 16.1. The Balaban J connectivity index is 1.91. The fourth-order valence-corrected chi connectivity index (χ4v) is 3.42. The van der Waals surface area contributed by atoms with Gasteiger partial charge in [-0.2, -0.15) is 0 Å². The van der Waals surface area contributed by atoms with E-state index in [0.29, 0.717) is 5.02 Å². The van der Waals surface area contributed by atoms with Gasteiger partial charge in [-0.25, -0.2) is 9.67 Å². The Kier molecular flexibility index (Phi) is 2.81. The lowest BCUT2D eigenvalue weighted by atomic mass is 10.1. The molecule has 0 radical (unpaired) electrons. The lowest BCUT2D eigenvalue weighted by Gasteiger charge is -2.06. The van der Waals surface area contributed by atoms with Crippen molar-refractivity contribution in [3.8, 4) is 5.69 Å². The normalized spacial score (nSPS) is 11.5. The van der Waals surface area contributed by atoms with Gasteiger partial charge in [-0.1, -0.05) is 53.2 Å². The second-order valence-electron chi connectivity index (χ2n) is 5.61. The standard InChI is InChI=1S/C19H11ClN4/c20-18-13-8-4-5-9-14(13)21-15-10-11-16-19(17(15)18)22-23-24(16)12-6-2-1-3-7-12/h1-11H. The molecule has 5 aromatic rings. The van der Waals surface area contributed by atoms with E-state index < -0.39 is 0 Å². The van der Waals surface area contributed by atoms with E-state index in [1.54, 1.807) is 0 Å². The fourth-order valence-electron chi connectivity index (χ4n) is 3.07. The highest BCUT2D eigenvalue weighted by atomic mass is 35.5. The van der Waals surface area contributed by atoms with Gasteiger partial charge in [0.1, 0.15) is 5.52 Å². The first-order valence-electron chi connectivity index (χ1n) is 7.61. The second kappa shape index (κ2) is 5.01. The van der Waals surface area contributed by atoms with Crippen molar-refractivity contribution in [3.05, 3.63) is 71.8 Å². The number of benzene rings is 3. The molecular formula is C19H11ClN4. The SMILES string of the molecule is Clc1c2ccccc2nc2ccc3c(nnn3-c3ccccc3)c12. The predicted octanol–water partition coefficient (Wildman–Crippen LogP) is 4.78. The molecular weight excluding hydrogens is 320 g/mol. The summed E-state index contributed by atoms with van der Waals surface area (Å²) in [4.78, 5) is 4.71. The van der Waals surface area contributed by atoms with Crippen LogP contribution >= 0.6 is 11.6 Å². The van der Waals surface area contributed by atoms with Crippen LogP contribution in [0.15, 0.2) is 66.7 Å². The molecule has 24 heavy (non-hydrogen) atoms. The Morgan fingerprint density at radius 1 is 0.792 bits per heavy atom. The van der Waals surface area contributed by atoms with Crippen LogP contribution in [0.5, 0.6) is 0 Å². The Labute approximate surface area is 142 Å². The minimum atomic E-state index is 0.668. The van der Waals surface area contributed by atoms with Crippen molar-refractivity contribution in [2.45, 2.75) is 0 Å². The highest BCUT2D eigenvalue weighted by molar-refractivity contribution is 6.42. The van der Waals surface area contributed by atoms with E-state index in [0.717, 1.165) is 38.5 Å². The summed E-state index contributed by atoms with van der Waals surface area (Å²) in [5.41, 5.74) is 4.34. The molecule has 0 aliphatic carbocycles. The number of aromatic nitrogens is 4. The van der Waals surface area contributed by atoms with Crippen molar-refractivity contribution in [1.82, 2.24) is 20.0 Å². The molecule has 0 amide bonds. The summed E-state index contributed by atoms with van der Waals surface area (Å²) in [5.74, 6) is 0. The zero-order valence-electron chi connectivity index (χ0n) is 12.5. The van der Waals surface area contributed by atoms with Crippen molar-refractivity contribution in [3.63, 3.8) is 0 Å². The molecule has 0 aliphatic heterocycles. The molecule has 0 unspecified atom stereocenters. The average molecular weight is 331 g/mol. The summed E-state index contributed by atoms with van der Waals surface area (Å²) in [6.07, 6.45) is 0. The van der Waals surface area contributed by atoms with Crippen molar-refractivity contribution >= 4 is 44.4 Å². The smallest absolute Gasteiger partial charge is 0.124 e. The van der Waals surface area contributed by atoms with Gasteiger partial charge in [0.2, 0.25) is 0 Å². The fraction of sp³-hybridized carbons (Fsp3) is 0. The van der Waals surface area contributed by atoms with E-state index in [1.807, 2.05) is 71.4 Å². The predicted molar refractivity (Wildman–Crippen MR) is 96.7 cm³/mol. The molecule has 0 spiro atoms. The molecule has 5 rings (SSSR count). The van der Waals surface area contributed by atoms with Crippen LogP contribution in [0.1, 0.15) is 0 Å². The van der Waals surface area contributed by atoms with Gasteiger partial charge in [-0.05, 0) is 30.3 Å². The first-order chi connectivity index (χ1) is 11.8. The highest BCUT2D eigenvalue weighted by Gasteiger charge is 2.15. The van der Waals surface area contributed by atoms with E-state index in [-0.39, 0.29) is 0 Å². The second-order valence-corrected chi connectivity index (χ2v) is 5.99. The summed E-state index contributed by atoms with van der Waals surface area (Å²) in [5, 5.41) is 11.1. The number of pyridine rings is 1. The van der Waals surface area contributed by atoms with Gasteiger partial charge in [0.05, 0.1) is 27.3 Å². The van der Waals surface area contributed by atoms with Crippen molar-refractivity contribution in [2.75, 3.05) is 0 Å². The molecule has 0 N–H and O–H groups in total. The van der Waals surface area contributed by atoms with Crippen LogP contribution in [-0.2, 0) is 0 Å². The minimum absolute atomic E-state index is 0.668. The van der Waals surface area contributed by atoms with Gasteiger partial charge in [0, 0.05) is 10.8 Å². The van der Waals surface area contributed by atoms with E-state index in [9.17, 15) is 0 Å². The third kappa shape index (κ3) is 1.83. The van der Waals surface area contributed by atoms with E-state index in [4.69, 9.17) is 16.6 Å². The Morgan fingerprint density at radius 3 is 2.46 bits per heavy atom. The van der Waals surface area contributed by atoms with Gasteiger partial charge in [0.25, 0.3) is 0 Å². The summed E-state index contributed by atoms with van der Waals surface area (Å²) >= 11 is 6.69. The lowest BCUT2D eigenvalue weighted by Crippen LogP contribution is -1.95. The van der Waals surface area contributed by atoms with E-state index in [1.165, 1.54) is 0 Å². The van der Waals surface area contributed by atoms with Gasteiger partial charge in [-0.15, -0.1) is 5.10 Å². The molecule has 0 saturated carbocycles. The third-order valence-corrected chi connectivity index (χ3v) is 4.59. The Bertz CT molecular complexity index is 1210. The van der Waals surface area contributed by atoms with Crippen LogP contribution in [0.3, 0.4) is 0 Å². The summed E-state index contributed by atoms with van der Waals surface area (Å²) < 4.78 is 1.82. The maximum absolute atomic E-state index is 6.69. The first kappa shape index (κ1) is 13.5. The largest absolute Gasteiger partial charge is 0.248 e. The number of halogens is 1. The average Bonchev–Trinajstić information content (AvgIpc) is 3.06. The maximum Gasteiger partial charge on any atom is 0.124 e. The van der Waals surface area contributed by atoms with E-state index in [2.05, 4.69) is 10.3 Å². The lowest BCUT2D eigenvalue weighted by molar-refractivity contribution is 0.824. The van der Waals surface area contributed by atoms with Gasteiger partial charge in [-0.3, -0.25) is 0 Å². The molecule has 2 heterocycles. The quantitative estimate of drug-likeness (QED) is 0.416. The molecule has 0 aliphatic rings. The molecule has 3 aromatic carbocycles. The molecule has 0 saturated heterocycles. The summed E-state index contributed by atoms with van der Waals surface area (Å²) in [6.45, 7) is 0. The number of hydrogen-bond donors (Lipinski definition) is 0. The van der Waals surface area contributed by atoms with Crippen LogP contribution in [0.2, 0.25) is 5.02 Å². The number of para-hydroxylation sites is 2. The monoisotopic (exact) mass is 330 g/mol. The number of rotatable bonds is 1. The Morgan fingerprint density at radius 2 is 1.58 bits per heavy atom. The number of fused-ring (bicyclic) bond motifs is 4. The summed E-state index contributed by atoms with van der Waals surface area (Å²) in [6, 6.07) is 21.8. The van der Waals surface area contributed by atoms with Crippen molar-refractivity contribution < 1.29 is 0 Å². The molecule has 0 bridgehead atoms. The third-order valence-electron chi connectivity index (χ3n) is 4.20. The van der Waals surface area contributed by atoms with Crippen LogP contribution < -0.4 is 0 Å². The molecule has 5 heteroatoms. The Hall–Kier alpha value is -2.98. The van der Waals surface area contributed by atoms with Crippen LogP contribution in [0.4, 0.5) is 0 Å². The van der Waals surface area contributed by atoms with Crippen LogP contribution in [0, 0.1) is 0 Å². The summed E-state index contributed by atoms with van der Waals surface area (Å²) in [7, 11) is 0. The first-order valence-corrected chi connectivity index (χ1v) is 7.98. The molecule has 0 atom stereocenters. The molecule has 114 valence electrons. The topological polar surface area (TPSA) is 43.6 Å². The number of nitrogens with zero attached hydrogens (tertiary/aromatic N) is 4. The van der Waals surface area contributed by atoms with Crippen molar-refractivity contribution in [2.24, 2.45) is 0 Å². The van der Waals surface area contributed by atoms with Crippen molar-refractivity contribution in [1.29, 1.82) is 0 Å². The van der Waals surface area contributed by atoms with Gasteiger partial charge < -0.3 is 0 Å². The van der Waals surface area contributed by atoms with Gasteiger partial charge >= 0.3 is 0 Å². The maximum atomic E-state index is 6.69. The molecule has 4 nitrogen and oxygen atoms in total. The minimum Gasteiger partial charge on any atom is -0.248 e. The highest BCUT2D eigenvalue weighted by Crippen LogP contribution is 2.34.